The van der Waals surface area contributed by atoms with E-state index in [4.69, 9.17) is 14.2 Å². The number of ether oxygens (including phenoxy) is 3. The number of hydrogen-bond acceptors (Lipinski definition) is 3. The van der Waals surface area contributed by atoms with Gasteiger partial charge in [0.1, 0.15) is 0 Å². The van der Waals surface area contributed by atoms with Crippen molar-refractivity contribution >= 4 is 56.2 Å². The molecule has 0 N–H and O–H groups in total. The molecule has 3 aromatic rings. The van der Waals surface area contributed by atoms with Gasteiger partial charge in [0.2, 0.25) is 5.75 Å². The van der Waals surface area contributed by atoms with Crippen molar-refractivity contribution in [1.82, 2.24) is 0 Å². The molecule has 0 unspecified atom stereocenters. The second-order valence-electron chi connectivity index (χ2n) is 6.49. The first-order valence-electron chi connectivity index (χ1n) is 9.24. The van der Waals surface area contributed by atoms with Gasteiger partial charge in [-0.15, -0.1) is 0 Å². The van der Waals surface area contributed by atoms with Crippen LogP contribution in [-0.2, 0) is 0 Å². The summed E-state index contributed by atoms with van der Waals surface area (Å²) in [6.07, 6.45) is 8.27. The third-order valence-electron chi connectivity index (χ3n) is 4.44. The van der Waals surface area contributed by atoms with E-state index in [2.05, 4.69) is 86.5 Å². The minimum atomic E-state index is 0.589. The van der Waals surface area contributed by atoms with E-state index in [1.54, 1.807) is 21.3 Å². The SMILES string of the molecule is COc1cc(C=Cc2ccc(C=Cc3cc(Br)cc(Br)c3)cc2)cc(OC)c1OC. The van der Waals surface area contributed by atoms with Crippen LogP contribution in [0, 0.1) is 0 Å². The van der Waals surface area contributed by atoms with Crippen LogP contribution in [0.5, 0.6) is 17.2 Å². The molecule has 0 bridgehead atoms. The molecule has 0 fully saturated rings. The molecule has 0 aliphatic rings. The molecule has 0 aliphatic carbocycles. The summed E-state index contributed by atoms with van der Waals surface area (Å²) in [5.41, 5.74) is 4.33. The van der Waals surface area contributed by atoms with Gasteiger partial charge in [0.25, 0.3) is 0 Å². The van der Waals surface area contributed by atoms with Crippen molar-refractivity contribution in [2.24, 2.45) is 0 Å². The second kappa shape index (κ2) is 10.5. The van der Waals surface area contributed by atoms with Gasteiger partial charge in [0.15, 0.2) is 11.5 Å². The fourth-order valence-electron chi connectivity index (χ4n) is 2.97. The fraction of sp³-hybridized carbons (Fsp3) is 0.120. The Bertz CT molecular complexity index is 1020. The van der Waals surface area contributed by atoms with Crippen LogP contribution < -0.4 is 14.2 Å². The van der Waals surface area contributed by atoms with E-state index < -0.39 is 0 Å². The molecule has 3 rings (SSSR count). The molecule has 0 aromatic heterocycles. The maximum Gasteiger partial charge on any atom is 0.203 e. The normalized spacial score (nSPS) is 11.2. The van der Waals surface area contributed by atoms with Crippen molar-refractivity contribution in [2.45, 2.75) is 0 Å². The lowest BCUT2D eigenvalue weighted by molar-refractivity contribution is 0.324. The van der Waals surface area contributed by atoms with Crippen LogP contribution in [0.25, 0.3) is 24.3 Å². The van der Waals surface area contributed by atoms with Crippen LogP contribution in [0.2, 0.25) is 0 Å². The summed E-state index contributed by atoms with van der Waals surface area (Å²) >= 11 is 7.03. The molecule has 0 aliphatic heterocycles. The lowest BCUT2D eigenvalue weighted by Crippen LogP contribution is -1.95. The van der Waals surface area contributed by atoms with Crippen LogP contribution in [-0.4, -0.2) is 21.3 Å². The highest BCUT2D eigenvalue weighted by atomic mass is 79.9. The summed E-state index contributed by atoms with van der Waals surface area (Å²) in [5.74, 6) is 1.86. The quantitative estimate of drug-likeness (QED) is 0.295. The minimum Gasteiger partial charge on any atom is -0.493 e. The predicted molar refractivity (Wildman–Crippen MR) is 132 cm³/mol. The smallest absolute Gasteiger partial charge is 0.203 e. The van der Waals surface area contributed by atoms with E-state index in [9.17, 15) is 0 Å². The van der Waals surface area contributed by atoms with Crippen LogP contribution in [0.1, 0.15) is 22.3 Å². The highest BCUT2D eigenvalue weighted by Crippen LogP contribution is 2.38. The molecule has 0 saturated carbocycles. The van der Waals surface area contributed by atoms with Crippen molar-refractivity contribution in [3.63, 3.8) is 0 Å². The van der Waals surface area contributed by atoms with E-state index in [1.165, 1.54) is 0 Å². The average Bonchev–Trinajstić information content (AvgIpc) is 2.75. The number of benzene rings is 3. The van der Waals surface area contributed by atoms with Gasteiger partial charge < -0.3 is 14.2 Å². The molecule has 0 atom stereocenters. The Morgan fingerprint density at radius 2 is 0.933 bits per heavy atom. The van der Waals surface area contributed by atoms with Crippen molar-refractivity contribution in [1.29, 1.82) is 0 Å². The maximum atomic E-state index is 5.41. The molecule has 0 radical (unpaired) electrons. The number of methoxy groups -OCH3 is 3. The van der Waals surface area contributed by atoms with Crippen molar-refractivity contribution in [3.8, 4) is 17.2 Å². The Morgan fingerprint density at radius 3 is 1.33 bits per heavy atom. The number of halogens is 2. The lowest BCUT2D eigenvalue weighted by Gasteiger charge is -2.12. The molecule has 0 amide bonds. The summed E-state index contributed by atoms with van der Waals surface area (Å²) in [7, 11) is 4.83. The third-order valence-corrected chi connectivity index (χ3v) is 5.36. The van der Waals surface area contributed by atoms with E-state index in [0.29, 0.717) is 17.2 Å². The van der Waals surface area contributed by atoms with Crippen LogP contribution in [0.3, 0.4) is 0 Å². The summed E-state index contributed by atoms with van der Waals surface area (Å²) < 4.78 is 18.3. The summed E-state index contributed by atoms with van der Waals surface area (Å²) in [6.45, 7) is 0. The first kappa shape index (κ1) is 22.2. The minimum absolute atomic E-state index is 0.589. The zero-order valence-electron chi connectivity index (χ0n) is 17.0. The average molecular weight is 530 g/mol. The van der Waals surface area contributed by atoms with Crippen LogP contribution >= 0.6 is 31.9 Å². The van der Waals surface area contributed by atoms with Gasteiger partial charge in [-0.05, 0) is 52.6 Å². The Hall–Kier alpha value is -2.50. The largest absolute Gasteiger partial charge is 0.493 e. The zero-order chi connectivity index (χ0) is 21.5. The summed E-state index contributed by atoms with van der Waals surface area (Å²) in [5, 5.41) is 0. The van der Waals surface area contributed by atoms with Gasteiger partial charge in [-0.3, -0.25) is 0 Å². The monoisotopic (exact) mass is 528 g/mol. The van der Waals surface area contributed by atoms with Gasteiger partial charge in [-0.2, -0.15) is 0 Å². The molecular weight excluding hydrogens is 508 g/mol. The highest BCUT2D eigenvalue weighted by Gasteiger charge is 2.11. The molecule has 5 heteroatoms. The number of hydrogen-bond donors (Lipinski definition) is 0. The Labute approximate surface area is 194 Å². The summed E-state index contributed by atoms with van der Waals surface area (Å²) in [4.78, 5) is 0. The molecule has 0 heterocycles. The van der Waals surface area contributed by atoms with E-state index in [-0.39, 0.29) is 0 Å². The van der Waals surface area contributed by atoms with Crippen LogP contribution in [0.4, 0.5) is 0 Å². The highest BCUT2D eigenvalue weighted by molar-refractivity contribution is 9.11. The standard InChI is InChI=1S/C25H22Br2O3/c1-28-23-14-20(15-24(29-2)25(23)30-3)11-9-18-6-4-17(5-7-18)8-10-19-12-21(26)16-22(27)13-19/h4-16H,1-3H3. The first-order chi connectivity index (χ1) is 14.5. The maximum absolute atomic E-state index is 5.41. The van der Waals surface area contributed by atoms with E-state index >= 15 is 0 Å². The second-order valence-corrected chi connectivity index (χ2v) is 8.33. The lowest BCUT2D eigenvalue weighted by atomic mass is 10.1. The van der Waals surface area contributed by atoms with Crippen molar-refractivity contribution in [2.75, 3.05) is 21.3 Å². The third kappa shape index (κ3) is 5.77. The molecule has 0 saturated heterocycles. The molecule has 154 valence electrons. The molecule has 0 spiro atoms. The van der Waals surface area contributed by atoms with Gasteiger partial charge in [-0.25, -0.2) is 0 Å². The van der Waals surface area contributed by atoms with Crippen LogP contribution in [0.15, 0.2) is 63.5 Å². The molecular formula is C25H22Br2O3. The Kier molecular flexibility index (Phi) is 7.77. The predicted octanol–water partition coefficient (Wildman–Crippen LogP) is 7.58. The van der Waals surface area contributed by atoms with Crippen molar-refractivity contribution < 1.29 is 14.2 Å². The van der Waals surface area contributed by atoms with Gasteiger partial charge in [0, 0.05) is 8.95 Å². The molecule has 30 heavy (non-hydrogen) atoms. The topological polar surface area (TPSA) is 27.7 Å². The first-order valence-corrected chi connectivity index (χ1v) is 10.8. The summed E-state index contributed by atoms with van der Waals surface area (Å²) in [6, 6.07) is 18.4. The van der Waals surface area contributed by atoms with Gasteiger partial charge >= 0.3 is 0 Å². The molecule has 3 aromatic carbocycles. The number of rotatable bonds is 7. The van der Waals surface area contributed by atoms with Crippen molar-refractivity contribution in [3.05, 3.63) is 85.8 Å². The zero-order valence-corrected chi connectivity index (χ0v) is 20.2. The Morgan fingerprint density at radius 1 is 0.533 bits per heavy atom. The Balaban J connectivity index is 1.75. The van der Waals surface area contributed by atoms with E-state index in [1.807, 2.05) is 24.3 Å². The fourth-order valence-corrected chi connectivity index (χ4v) is 4.30. The van der Waals surface area contributed by atoms with E-state index in [0.717, 1.165) is 31.2 Å². The van der Waals surface area contributed by atoms with Gasteiger partial charge in [0.05, 0.1) is 21.3 Å². The van der Waals surface area contributed by atoms with Gasteiger partial charge in [-0.1, -0.05) is 80.4 Å². The molecule has 3 nitrogen and oxygen atoms in total.